The monoisotopic (exact) mass is 423 g/mol. The van der Waals surface area contributed by atoms with Crippen molar-refractivity contribution < 1.29 is 14.3 Å². The molecule has 1 amide bonds. The van der Waals surface area contributed by atoms with Crippen molar-refractivity contribution in [1.29, 1.82) is 0 Å². The van der Waals surface area contributed by atoms with Gasteiger partial charge in [-0.15, -0.1) is 11.3 Å². The molecular formula is C23H25N3O3S. The largest absolute Gasteiger partial charge is 0.378 e. The van der Waals surface area contributed by atoms with Crippen LogP contribution in [-0.4, -0.2) is 66.7 Å². The molecule has 5 rings (SSSR count). The van der Waals surface area contributed by atoms with Crippen molar-refractivity contribution >= 4 is 27.3 Å². The van der Waals surface area contributed by atoms with Crippen LogP contribution in [0.3, 0.4) is 0 Å². The second kappa shape index (κ2) is 8.81. The fraction of sp³-hybridized carbons (Fsp3) is 0.391. The molecule has 2 fully saturated rings. The number of pyridine rings is 1. The summed E-state index contributed by atoms with van der Waals surface area (Å²) < 4.78 is 12.8. The molecule has 1 atom stereocenters. The van der Waals surface area contributed by atoms with Crippen LogP contribution in [0.2, 0.25) is 0 Å². The molecule has 6 nitrogen and oxygen atoms in total. The zero-order valence-electron chi connectivity index (χ0n) is 16.8. The summed E-state index contributed by atoms with van der Waals surface area (Å²) in [6.07, 6.45) is 3.59. The van der Waals surface area contributed by atoms with Crippen LogP contribution in [0.25, 0.3) is 10.1 Å². The van der Waals surface area contributed by atoms with Gasteiger partial charge in [-0.2, -0.15) is 0 Å². The standard InChI is InChI=1S/C23H25N3O3S/c27-23(26-9-11-28-12-10-26)22-21(18-5-1-2-6-20(18)30-22)19-16-25(8-13-29-19)15-17-4-3-7-24-14-17/h1-7,14,19H,8-13,15-16H2/t19-/m0/s1. The normalized spacial score (nSPS) is 20.5. The number of ether oxygens (including phenoxy) is 2. The number of rotatable bonds is 4. The van der Waals surface area contributed by atoms with E-state index in [1.165, 1.54) is 5.56 Å². The minimum Gasteiger partial charge on any atom is -0.378 e. The summed E-state index contributed by atoms with van der Waals surface area (Å²) >= 11 is 1.58. The third-order valence-electron chi connectivity index (χ3n) is 5.73. The predicted molar refractivity (Wildman–Crippen MR) is 117 cm³/mol. The van der Waals surface area contributed by atoms with Gasteiger partial charge in [-0.25, -0.2) is 0 Å². The molecule has 2 aliphatic heterocycles. The van der Waals surface area contributed by atoms with Crippen molar-refractivity contribution in [2.75, 3.05) is 46.0 Å². The Morgan fingerprint density at radius 3 is 2.80 bits per heavy atom. The van der Waals surface area contributed by atoms with Crippen LogP contribution in [0.15, 0.2) is 48.8 Å². The Morgan fingerprint density at radius 2 is 1.97 bits per heavy atom. The van der Waals surface area contributed by atoms with Crippen molar-refractivity contribution in [2.24, 2.45) is 0 Å². The maximum atomic E-state index is 13.4. The molecule has 30 heavy (non-hydrogen) atoms. The van der Waals surface area contributed by atoms with Gasteiger partial charge in [0, 0.05) is 55.4 Å². The Balaban J connectivity index is 1.45. The first-order valence-corrected chi connectivity index (χ1v) is 11.2. The summed E-state index contributed by atoms with van der Waals surface area (Å²) in [6, 6.07) is 12.3. The van der Waals surface area contributed by atoms with Crippen LogP contribution >= 0.6 is 11.3 Å². The average molecular weight is 424 g/mol. The smallest absolute Gasteiger partial charge is 0.264 e. The Labute approximate surface area is 180 Å². The number of benzene rings is 1. The first kappa shape index (κ1) is 19.6. The molecule has 3 aromatic rings. The molecule has 2 aliphatic rings. The summed E-state index contributed by atoms with van der Waals surface area (Å²) in [6.45, 7) is 5.62. The van der Waals surface area contributed by atoms with Crippen LogP contribution in [0, 0.1) is 0 Å². The van der Waals surface area contributed by atoms with Gasteiger partial charge in [-0.3, -0.25) is 14.7 Å². The Kier molecular flexibility index (Phi) is 5.77. The highest BCUT2D eigenvalue weighted by molar-refractivity contribution is 7.21. The van der Waals surface area contributed by atoms with Gasteiger partial charge in [0.2, 0.25) is 0 Å². The van der Waals surface area contributed by atoms with E-state index in [0.717, 1.165) is 40.2 Å². The lowest BCUT2D eigenvalue weighted by Crippen LogP contribution is -2.41. The average Bonchev–Trinajstić information content (AvgIpc) is 3.20. The summed E-state index contributed by atoms with van der Waals surface area (Å²) in [5.41, 5.74) is 2.24. The van der Waals surface area contributed by atoms with Gasteiger partial charge in [0.1, 0.15) is 0 Å². The van der Waals surface area contributed by atoms with Crippen molar-refractivity contribution in [3.05, 3.63) is 64.8 Å². The summed E-state index contributed by atoms with van der Waals surface area (Å²) in [5, 5.41) is 1.13. The topological polar surface area (TPSA) is 54.9 Å². The van der Waals surface area contributed by atoms with Gasteiger partial charge < -0.3 is 14.4 Å². The minimum atomic E-state index is -0.119. The molecule has 0 aliphatic carbocycles. The molecule has 1 aromatic carbocycles. The van der Waals surface area contributed by atoms with Crippen LogP contribution < -0.4 is 0 Å². The number of aromatic nitrogens is 1. The van der Waals surface area contributed by atoms with E-state index in [4.69, 9.17) is 9.47 Å². The summed E-state index contributed by atoms with van der Waals surface area (Å²) in [4.78, 5) is 22.8. The fourth-order valence-corrected chi connectivity index (χ4v) is 5.45. The maximum Gasteiger partial charge on any atom is 0.264 e. The third kappa shape index (κ3) is 3.98. The van der Waals surface area contributed by atoms with Gasteiger partial charge in [0.15, 0.2) is 0 Å². The van der Waals surface area contributed by atoms with E-state index >= 15 is 0 Å². The first-order valence-electron chi connectivity index (χ1n) is 10.4. The highest BCUT2D eigenvalue weighted by Crippen LogP contribution is 2.39. The Hall–Kier alpha value is -2.32. The molecule has 156 valence electrons. The molecule has 0 spiro atoms. The van der Waals surface area contributed by atoms with Crippen molar-refractivity contribution in [3.63, 3.8) is 0 Å². The molecule has 4 heterocycles. The van der Waals surface area contributed by atoms with E-state index in [9.17, 15) is 4.79 Å². The van der Waals surface area contributed by atoms with Crippen molar-refractivity contribution in [2.45, 2.75) is 12.6 Å². The molecular weight excluding hydrogens is 398 g/mol. The molecule has 0 unspecified atom stereocenters. The second-order valence-electron chi connectivity index (χ2n) is 7.70. The van der Waals surface area contributed by atoms with Crippen LogP contribution in [0.5, 0.6) is 0 Å². The van der Waals surface area contributed by atoms with E-state index in [-0.39, 0.29) is 12.0 Å². The maximum absolute atomic E-state index is 13.4. The van der Waals surface area contributed by atoms with Crippen LogP contribution in [0.1, 0.15) is 26.9 Å². The zero-order valence-corrected chi connectivity index (χ0v) is 17.6. The van der Waals surface area contributed by atoms with Gasteiger partial charge in [0.05, 0.1) is 30.8 Å². The lowest BCUT2D eigenvalue weighted by atomic mass is 10.0. The molecule has 2 aromatic heterocycles. The van der Waals surface area contributed by atoms with Crippen LogP contribution in [-0.2, 0) is 16.0 Å². The van der Waals surface area contributed by atoms with E-state index in [1.54, 1.807) is 17.5 Å². The lowest BCUT2D eigenvalue weighted by Gasteiger charge is -2.34. The zero-order chi connectivity index (χ0) is 20.3. The second-order valence-corrected chi connectivity index (χ2v) is 8.75. The Bertz CT molecular complexity index is 1020. The predicted octanol–water partition coefficient (Wildman–Crippen LogP) is 3.34. The summed E-state index contributed by atoms with van der Waals surface area (Å²) in [7, 11) is 0. The van der Waals surface area contributed by atoms with E-state index in [1.807, 2.05) is 29.3 Å². The fourth-order valence-electron chi connectivity index (χ4n) is 4.22. The van der Waals surface area contributed by atoms with E-state index in [2.05, 4.69) is 28.1 Å². The van der Waals surface area contributed by atoms with E-state index in [0.29, 0.717) is 32.9 Å². The number of morpholine rings is 2. The highest BCUT2D eigenvalue weighted by Gasteiger charge is 2.31. The third-order valence-corrected chi connectivity index (χ3v) is 6.90. The van der Waals surface area contributed by atoms with E-state index < -0.39 is 0 Å². The van der Waals surface area contributed by atoms with Crippen LogP contribution in [0.4, 0.5) is 0 Å². The molecule has 0 N–H and O–H groups in total. The lowest BCUT2D eigenvalue weighted by molar-refractivity contribution is -0.0325. The molecule has 0 saturated carbocycles. The first-order chi connectivity index (χ1) is 14.8. The molecule has 0 radical (unpaired) electrons. The number of fused-ring (bicyclic) bond motifs is 1. The number of carbonyl (C=O) groups is 1. The number of amides is 1. The summed E-state index contributed by atoms with van der Waals surface area (Å²) in [5.74, 6) is 0.0995. The number of nitrogens with zero attached hydrogens (tertiary/aromatic N) is 3. The van der Waals surface area contributed by atoms with Gasteiger partial charge in [0.25, 0.3) is 5.91 Å². The molecule has 7 heteroatoms. The molecule has 2 saturated heterocycles. The van der Waals surface area contributed by atoms with Crippen molar-refractivity contribution in [3.8, 4) is 0 Å². The van der Waals surface area contributed by atoms with Crippen molar-refractivity contribution in [1.82, 2.24) is 14.8 Å². The number of hydrogen-bond acceptors (Lipinski definition) is 6. The van der Waals surface area contributed by atoms with Gasteiger partial charge in [-0.05, 0) is 23.1 Å². The van der Waals surface area contributed by atoms with Gasteiger partial charge in [-0.1, -0.05) is 24.3 Å². The number of thiophene rings is 1. The van der Waals surface area contributed by atoms with Gasteiger partial charge >= 0.3 is 0 Å². The SMILES string of the molecule is O=C(c1sc2ccccc2c1[C@@H]1CN(Cc2cccnc2)CCO1)N1CCOCC1. The molecule has 0 bridgehead atoms. The number of carbonyl (C=O) groups excluding carboxylic acids is 1. The quantitative estimate of drug-likeness (QED) is 0.644. The number of hydrogen-bond donors (Lipinski definition) is 0. The Morgan fingerprint density at radius 1 is 1.10 bits per heavy atom. The minimum absolute atomic E-state index is 0.0995. The highest BCUT2D eigenvalue weighted by atomic mass is 32.1.